The Kier molecular flexibility index (Phi) is 4.57. The van der Waals surface area contributed by atoms with Gasteiger partial charge in [0.15, 0.2) is 0 Å². The minimum Gasteiger partial charge on any atom is -0.271 e. The van der Waals surface area contributed by atoms with E-state index in [2.05, 4.69) is 26.3 Å². The largest absolute Gasteiger partial charge is 0.271 e. The number of aromatic nitrogens is 1. The summed E-state index contributed by atoms with van der Waals surface area (Å²) < 4.78 is 27.2. The van der Waals surface area contributed by atoms with Crippen molar-refractivity contribution in [2.24, 2.45) is 5.84 Å². The first kappa shape index (κ1) is 14.0. The second kappa shape index (κ2) is 6.18. The van der Waals surface area contributed by atoms with Gasteiger partial charge < -0.3 is 0 Å². The number of halogens is 3. The van der Waals surface area contributed by atoms with Gasteiger partial charge in [-0.25, -0.2) is 8.78 Å². The van der Waals surface area contributed by atoms with Gasteiger partial charge in [-0.2, -0.15) is 0 Å². The third-order valence-corrected chi connectivity index (χ3v) is 3.24. The van der Waals surface area contributed by atoms with Crippen molar-refractivity contribution in [3.63, 3.8) is 0 Å². The number of nitrogens with two attached hydrogens (primary N) is 1. The fourth-order valence-corrected chi connectivity index (χ4v) is 2.08. The maximum Gasteiger partial charge on any atom is 0.141 e. The van der Waals surface area contributed by atoms with Gasteiger partial charge >= 0.3 is 0 Å². The van der Waals surface area contributed by atoms with E-state index in [4.69, 9.17) is 5.84 Å². The van der Waals surface area contributed by atoms with E-state index in [-0.39, 0.29) is 11.9 Å². The van der Waals surface area contributed by atoms with Crippen molar-refractivity contribution >= 4 is 15.9 Å². The second-order valence-electron chi connectivity index (χ2n) is 4.06. The Balaban J connectivity index is 2.21. The number of nitrogens with one attached hydrogen (secondary N) is 1. The van der Waals surface area contributed by atoms with Crippen molar-refractivity contribution in [3.8, 4) is 0 Å². The highest BCUT2D eigenvalue weighted by Crippen LogP contribution is 2.21. The van der Waals surface area contributed by atoms with Crippen molar-refractivity contribution in [2.75, 3.05) is 0 Å². The number of hydrogen-bond acceptors (Lipinski definition) is 3. The number of benzene rings is 1. The smallest absolute Gasteiger partial charge is 0.141 e. The van der Waals surface area contributed by atoms with Crippen LogP contribution >= 0.6 is 15.9 Å². The van der Waals surface area contributed by atoms with Crippen molar-refractivity contribution in [3.05, 3.63) is 63.9 Å². The highest BCUT2D eigenvalue weighted by molar-refractivity contribution is 9.10. The van der Waals surface area contributed by atoms with Crippen LogP contribution in [0.3, 0.4) is 0 Å². The topological polar surface area (TPSA) is 50.9 Å². The zero-order valence-electron chi connectivity index (χ0n) is 9.91. The van der Waals surface area contributed by atoms with Gasteiger partial charge in [-0.15, -0.1) is 0 Å². The highest BCUT2D eigenvalue weighted by Gasteiger charge is 2.14. The fourth-order valence-electron chi connectivity index (χ4n) is 1.75. The van der Waals surface area contributed by atoms with E-state index in [0.717, 1.165) is 6.20 Å². The minimum absolute atomic E-state index is 0.322. The van der Waals surface area contributed by atoms with Gasteiger partial charge in [-0.3, -0.25) is 16.3 Å². The predicted octanol–water partition coefficient (Wildman–Crippen LogP) is 2.87. The molecule has 3 N–H and O–H groups in total. The molecule has 2 aromatic rings. The van der Waals surface area contributed by atoms with E-state index in [1.807, 2.05) is 0 Å². The monoisotopic (exact) mass is 327 g/mol. The molecule has 1 heterocycles. The predicted molar refractivity (Wildman–Crippen MR) is 72.1 cm³/mol. The van der Waals surface area contributed by atoms with Gasteiger partial charge in [-0.05, 0) is 36.2 Å². The van der Waals surface area contributed by atoms with Crippen LogP contribution in [0.15, 0.2) is 41.0 Å². The fraction of sp³-hybridized carbons (Fsp3) is 0.154. The molecule has 0 saturated heterocycles. The summed E-state index contributed by atoms with van der Waals surface area (Å²) in [5.41, 5.74) is 3.64. The first-order valence-electron chi connectivity index (χ1n) is 5.61. The molecule has 3 nitrogen and oxygen atoms in total. The molecule has 0 amide bonds. The van der Waals surface area contributed by atoms with Gasteiger partial charge in [-0.1, -0.05) is 22.0 Å². The first-order chi connectivity index (χ1) is 9.10. The zero-order chi connectivity index (χ0) is 13.8. The number of hydrazine groups is 1. The molecule has 6 heteroatoms. The summed E-state index contributed by atoms with van der Waals surface area (Å²) >= 11 is 3.20. The Morgan fingerprint density at radius 1 is 1.26 bits per heavy atom. The Labute approximate surface area is 117 Å². The number of pyridine rings is 1. The Morgan fingerprint density at radius 2 is 2.05 bits per heavy atom. The van der Waals surface area contributed by atoms with Gasteiger partial charge in [0.2, 0.25) is 0 Å². The third-order valence-electron chi connectivity index (χ3n) is 2.75. The van der Waals surface area contributed by atoms with Crippen LogP contribution in [0, 0.1) is 11.6 Å². The number of hydrogen-bond donors (Lipinski definition) is 2. The quantitative estimate of drug-likeness (QED) is 0.670. The summed E-state index contributed by atoms with van der Waals surface area (Å²) in [6, 6.07) is 7.26. The molecule has 0 bridgehead atoms. The van der Waals surface area contributed by atoms with E-state index in [1.165, 1.54) is 18.2 Å². The van der Waals surface area contributed by atoms with Gasteiger partial charge in [0, 0.05) is 4.47 Å². The molecule has 0 aliphatic rings. The molecule has 0 radical (unpaired) electrons. The van der Waals surface area contributed by atoms with Crippen molar-refractivity contribution in [2.45, 2.75) is 12.5 Å². The van der Waals surface area contributed by atoms with Crippen molar-refractivity contribution in [1.29, 1.82) is 0 Å². The zero-order valence-corrected chi connectivity index (χ0v) is 11.5. The molecule has 1 atom stereocenters. The summed E-state index contributed by atoms with van der Waals surface area (Å²) in [6.45, 7) is 0. The molecule has 0 fully saturated rings. The summed E-state index contributed by atoms with van der Waals surface area (Å²) in [6.07, 6.45) is 1.44. The standard InChI is InChI=1S/C13H12BrF2N3/c14-9-2-1-8(11(16)6-9)5-13(19-17)12-4-3-10(15)7-18-12/h1-4,6-7,13,19H,5,17H2. The molecule has 0 saturated carbocycles. The van der Waals surface area contributed by atoms with Crippen LogP contribution in [0.25, 0.3) is 0 Å². The van der Waals surface area contributed by atoms with E-state index < -0.39 is 5.82 Å². The van der Waals surface area contributed by atoms with Crippen LogP contribution < -0.4 is 11.3 Å². The second-order valence-corrected chi connectivity index (χ2v) is 4.98. The molecular formula is C13H12BrF2N3. The number of rotatable bonds is 4. The van der Waals surface area contributed by atoms with Gasteiger partial charge in [0.1, 0.15) is 11.6 Å². The molecule has 1 aromatic heterocycles. The van der Waals surface area contributed by atoms with E-state index in [9.17, 15) is 8.78 Å². The van der Waals surface area contributed by atoms with Crippen LogP contribution in [0.2, 0.25) is 0 Å². The van der Waals surface area contributed by atoms with E-state index in [0.29, 0.717) is 22.2 Å². The van der Waals surface area contributed by atoms with Gasteiger partial charge in [0.05, 0.1) is 17.9 Å². The molecular weight excluding hydrogens is 316 g/mol. The van der Waals surface area contributed by atoms with Crippen molar-refractivity contribution in [1.82, 2.24) is 10.4 Å². The lowest BCUT2D eigenvalue weighted by molar-refractivity contribution is 0.515. The van der Waals surface area contributed by atoms with Crippen molar-refractivity contribution < 1.29 is 8.78 Å². The average Bonchev–Trinajstić information content (AvgIpc) is 2.39. The summed E-state index contributed by atoms with van der Waals surface area (Å²) in [5, 5.41) is 0. The molecule has 1 unspecified atom stereocenters. The highest BCUT2D eigenvalue weighted by atomic mass is 79.9. The van der Waals surface area contributed by atoms with Crippen LogP contribution in [-0.2, 0) is 6.42 Å². The Hall–Kier alpha value is -1.37. The average molecular weight is 328 g/mol. The molecule has 1 aromatic carbocycles. The maximum atomic E-state index is 13.7. The first-order valence-corrected chi connectivity index (χ1v) is 6.41. The lowest BCUT2D eigenvalue weighted by Crippen LogP contribution is -2.30. The summed E-state index contributed by atoms with van der Waals surface area (Å²) in [5.74, 6) is 4.71. The normalized spacial score (nSPS) is 12.4. The molecule has 0 aliphatic carbocycles. The summed E-state index contributed by atoms with van der Waals surface area (Å²) in [7, 11) is 0. The van der Waals surface area contributed by atoms with Crippen LogP contribution in [-0.4, -0.2) is 4.98 Å². The molecule has 0 spiro atoms. The molecule has 0 aliphatic heterocycles. The number of nitrogens with zero attached hydrogens (tertiary/aromatic N) is 1. The minimum atomic E-state index is -0.422. The molecule has 2 rings (SSSR count). The Bertz CT molecular complexity index is 560. The van der Waals surface area contributed by atoms with Crippen LogP contribution in [0.4, 0.5) is 8.78 Å². The van der Waals surface area contributed by atoms with Crippen LogP contribution in [0.1, 0.15) is 17.3 Å². The molecule has 19 heavy (non-hydrogen) atoms. The van der Waals surface area contributed by atoms with E-state index >= 15 is 0 Å². The maximum absolute atomic E-state index is 13.7. The SMILES string of the molecule is NNC(Cc1ccc(Br)cc1F)c1ccc(F)cn1. The van der Waals surface area contributed by atoms with Crippen LogP contribution in [0.5, 0.6) is 0 Å². The molecule has 100 valence electrons. The Morgan fingerprint density at radius 3 is 2.63 bits per heavy atom. The summed E-state index contributed by atoms with van der Waals surface area (Å²) in [4.78, 5) is 3.94. The van der Waals surface area contributed by atoms with E-state index in [1.54, 1.807) is 12.1 Å². The lowest BCUT2D eigenvalue weighted by Gasteiger charge is -2.15. The van der Waals surface area contributed by atoms with Gasteiger partial charge in [0.25, 0.3) is 0 Å². The lowest BCUT2D eigenvalue weighted by atomic mass is 10.0. The third kappa shape index (κ3) is 3.56.